The minimum Gasteiger partial charge on any atom is -0.491 e. The summed E-state index contributed by atoms with van der Waals surface area (Å²) in [5.74, 6) is 0.801. The zero-order valence-corrected chi connectivity index (χ0v) is 15.5. The maximum atomic E-state index is 11.9. The molecule has 2 aromatic rings. The van der Waals surface area contributed by atoms with Gasteiger partial charge in [0.05, 0.1) is 6.04 Å². The van der Waals surface area contributed by atoms with Gasteiger partial charge in [0.25, 0.3) is 5.91 Å². The highest BCUT2D eigenvalue weighted by Gasteiger charge is 2.08. The molecule has 0 aliphatic heterocycles. The highest BCUT2D eigenvalue weighted by Crippen LogP contribution is 2.11. The van der Waals surface area contributed by atoms with Crippen molar-refractivity contribution in [2.24, 2.45) is 0 Å². The normalized spacial score (nSPS) is 11.3. The average Bonchev–Trinajstić information content (AvgIpc) is 2.60. The molecular formula is C19H23N3O2S. The number of hydrogen-bond donors (Lipinski definition) is 2. The van der Waals surface area contributed by atoms with Crippen LogP contribution in [-0.4, -0.2) is 42.7 Å². The van der Waals surface area contributed by atoms with Crippen LogP contribution in [0.2, 0.25) is 0 Å². The SMILES string of the molecule is CC(COc1ccccc1)NC(=S)Nc1ccc(C(=O)N(C)C)cc1. The Kier molecular flexibility index (Phi) is 6.77. The minimum absolute atomic E-state index is 0.0288. The highest BCUT2D eigenvalue weighted by atomic mass is 32.1. The van der Waals surface area contributed by atoms with Gasteiger partial charge in [-0.2, -0.15) is 0 Å². The van der Waals surface area contributed by atoms with Gasteiger partial charge in [-0.1, -0.05) is 18.2 Å². The van der Waals surface area contributed by atoms with Gasteiger partial charge in [0.15, 0.2) is 5.11 Å². The third-order valence-corrected chi connectivity index (χ3v) is 3.64. The van der Waals surface area contributed by atoms with Crippen LogP contribution in [0.1, 0.15) is 17.3 Å². The van der Waals surface area contributed by atoms with Crippen molar-refractivity contribution in [3.8, 4) is 5.75 Å². The Labute approximate surface area is 154 Å². The van der Waals surface area contributed by atoms with Crippen LogP contribution >= 0.6 is 12.2 Å². The lowest BCUT2D eigenvalue weighted by Gasteiger charge is -2.18. The molecule has 0 radical (unpaired) electrons. The number of para-hydroxylation sites is 1. The van der Waals surface area contributed by atoms with E-state index in [4.69, 9.17) is 17.0 Å². The van der Waals surface area contributed by atoms with E-state index in [9.17, 15) is 4.79 Å². The lowest BCUT2D eigenvalue weighted by atomic mass is 10.2. The molecule has 0 heterocycles. The van der Waals surface area contributed by atoms with Crippen molar-refractivity contribution >= 4 is 28.9 Å². The zero-order valence-electron chi connectivity index (χ0n) is 14.7. The van der Waals surface area contributed by atoms with E-state index in [-0.39, 0.29) is 11.9 Å². The number of ether oxygens (including phenoxy) is 1. The van der Waals surface area contributed by atoms with Crippen molar-refractivity contribution in [2.75, 3.05) is 26.0 Å². The van der Waals surface area contributed by atoms with E-state index in [0.717, 1.165) is 11.4 Å². The van der Waals surface area contributed by atoms with Crippen molar-refractivity contribution in [3.63, 3.8) is 0 Å². The van der Waals surface area contributed by atoms with E-state index in [0.29, 0.717) is 17.3 Å². The first-order valence-corrected chi connectivity index (χ1v) is 8.43. The van der Waals surface area contributed by atoms with Gasteiger partial charge in [-0.25, -0.2) is 0 Å². The predicted molar refractivity (Wildman–Crippen MR) is 105 cm³/mol. The first-order chi connectivity index (χ1) is 12.0. The molecule has 0 saturated carbocycles. The number of amides is 1. The van der Waals surface area contributed by atoms with Gasteiger partial charge < -0.3 is 20.3 Å². The maximum Gasteiger partial charge on any atom is 0.253 e. The Hall–Kier alpha value is -2.60. The number of nitrogens with one attached hydrogen (secondary N) is 2. The molecule has 2 aromatic carbocycles. The third kappa shape index (κ3) is 6.08. The van der Waals surface area contributed by atoms with Crippen LogP contribution < -0.4 is 15.4 Å². The smallest absolute Gasteiger partial charge is 0.253 e. The predicted octanol–water partition coefficient (Wildman–Crippen LogP) is 3.14. The van der Waals surface area contributed by atoms with Crippen LogP contribution in [0.3, 0.4) is 0 Å². The van der Waals surface area contributed by atoms with Crippen LogP contribution in [0.4, 0.5) is 5.69 Å². The van der Waals surface area contributed by atoms with E-state index >= 15 is 0 Å². The fourth-order valence-electron chi connectivity index (χ4n) is 2.12. The standard InChI is InChI=1S/C19H23N3O2S/c1-14(13-24-17-7-5-4-6-8-17)20-19(25)21-16-11-9-15(10-12-16)18(23)22(2)3/h4-12,14H,13H2,1-3H3,(H2,20,21,25). The fourth-order valence-corrected chi connectivity index (χ4v) is 2.44. The molecule has 0 aliphatic rings. The molecular weight excluding hydrogens is 334 g/mol. The number of thiocarbonyl (C=S) groups is 1. The molecule has 5 nitrogen and oxygen atoms in total. The van der Waals surface area contributed by atoms with Gasteiger partial charge in [-0.05, 0) is 55.5 Å². The summed E-state index contributed by atoms with van der Waals surface area (Å²) in [7, 11) is 3.46. The van der Waals surface area contributed by atoms with Crippen LogP contribution in [0.25, 0.3) is 0 Å². The highest BCUT2D eigenvalue weighted by molar-refractivity contribution is 7.80. The average molecular weight is 357 g/mol. The Morgan fingerprint density at radius 1 is 1.12 bits per heavy atom. The molecule has 1 amide bonds. The van der Waals surface area contributed by atoms with Crippen LogP contribution in [0, 0.1) is 0 Å². The van der Waals surface area contributed by atoms with Crippen molar-refractivity contribution in [2.45, 2.75) is 13.0 Å². The van der Waals surface area contributed by atoms with Crippen LogP contribution in [-0.2, 0) is 0 Å². The molecule has 0 aromatic heterocycles. The van der Waals surface area contributed by atoms with Crippen LogP contribution in [0.5, 0.6) is 5.75 Å². The summed E-state index contributed by atoms with van der Waals surface area (Å²) in [6, 6.07) is 16.9. The molecule has 6 heteroatoms. The first kappa shape index (κ1) is 18.7. The van der Waals surface area contributed by atoms with Crippen LogP contribution in [0.15, 0.2) is 54.6 Å². The van der Waals surface area contributed by atoms with E-state index in [1.807, 2.05) is 49.4 Å². The van der Waals surface area contributed by atoms with Gasteiger partial charge in [0.2, 0.25) is 0 Å². The minimum atomic E-state index is -0.0288. The number of rotatable bonds is 6. The Morgan fingerprint density at radius 3 is 2.36 bits per heavy atom. The number of anilines is 1. The van der Waals surface area contributed by atoms with E-state index in [1.165, 1.54) is 0 Å². The lowest BCUT2D eigenvalue weighted by molar-refractivity contribution is 0.0827. The topological polar surface area (TPSA) is 53.6 Å². The Bertz CT molecular complexity index is 702. The number of carbonyl (C=O) groups excluding carboxylic acids is 1. The molecule has 0 bridgehead atoms. The number of carbonyl (C=O) groups is 1. The largest absolute Gasteiger partial charge is 0.491 e. The third-order valence-electron chi connectivity index (χ3n) is 3.42. The number of hydrogen-bond acceptors (Lipinski definition) is 3. The molecule has 0 saturated heterocycles. The first-order valence-electron chi connectivity index (χ1n) is 8.03. The molecule has 0 aliphatic carbocycles. The molecule has 2 N–H and O–H groups in total. The van der Waals surface area contributed by atoms with Gasteiger partial charge >= 0.3 is 0 Å². The molecule has 1 atom stereocenters. The lowest BCUT2D eigenvalue weighted by Crippen LogP contribution is -2.39. The van der Waals surface area contributed by atoms with Crippen molar-refractivity contribution in [3.05, 3.63) is 60.2 Å². The monoisotopic (exact) mass is 357 g/mol. The van der Waals surface area contributed by atoms with Gasteiger partial charge in [-0.3, -0.25) is 4.79 Å². The van der Waals surface area contributed by atoms with Gasteiger partial charge in [-0.15, -0.1) is 0 Å². The zero-order chi connectivity index (χ0) is 18.2. The van der Waals surface area contributed by atoms with E-state index < -0.39 is 0 Å². The molecule has 25 heavy (non-hydrogen) atoms. The quantitative estimate of drug-likeness (QED) is 0.778. The fraction of sp³-hybridized carbons (Fsp3) is 0.263. The second-order valence-electron chi connectivity index (χ2n) is 5.90. The number of benzene rings is 2. The summed E-state index contributed by atoms with van der Waals surface area (Å²) >= 11 is 5.32. The summed E-state index contributed by atoms with van der Waals surface area (Å²) in [6.07, 6.45) is 0. The molecule has 2 rings (SSSR count). The Balaban J connectivity index is 1.80. The summed E-state index contributed by atoms with van der Waals surface area (Å²) < 4.78 is 5.69. The summed E-state index contributed by atoms with van der Waals surface area (Å²) in [4.78, 5) is 13.4. The summed E-state index contributed by atoms with van der Waals surface area (Å²) in [6.45, 7) is 2.50. The van der Waals surface area contributed by atoms with Crippen molar-refractivity contribution in [1.29, 1.82) is 0 Å². The molecule has 0 fully saturated rings. The summed E-state index contributed by atoms with van der Waals surface area (Å²) in [5.41, 5.74) is 1.46. The number of nitrogens with zero attached hydrogens (tertiary/aromatic N) is 1. The molecule has 132 valence electrons. The Morgan fingerprint density at radius 2 is 1.76 bits per heavy atom. The van der Waals surface area contributed by atoms with Gasteiger partial charge in [0, 0.05) is 25.3 Å². The second kappa shape index (κ2) is 9.03. The summed E-state index contributed by atoms with van der Waals surface area (Å²) in [5, 5.41) is 6.79. The van der Waals surface area contributed by atoms with Gasteiger partial charge in [0.1, 0.15) is 12.4 Å². The second-order valence-corrected chi connectivity index (χ2v) is 6.31. The van der Waals surface area contributed by atoms with Crippen molar-refractivity contribution in [1.82, 2.24) is 10.2 Å². The van der Waals surface area contributed by atoms with E-state index in [2.05, 4.69) is 10.6 Å². The van der Waals surface area contributed by atoms with E-state index in [1.54, 1.807) is 31.1 Å². The van der Waals surface area contributed by atoms with Crippen molar-refractivity contribution < 1.29 is 9.53 Å². The molecule has 0 spiro atoms. The maximum absolute atomic E-state index is 11.9. The molecule has 1 unspecified atom stereocenters.